The van der Waals surface area contributed by atoms with Gasteiger partial charge < -0.3 is 15.8 Å². The average molecular weight is 571 g/mol. The minimum absolute atomic E-state index is 0.0665. The molecule has 1 amide bonds. The van der Waals surface area contributed by atoms with Gasteiger partial charge in [-0.3, -0.25) is 18.8 Å². The van der Waals surface area contributed by atoms with Crippen LogP contribution in [0.5, 0.6) is 0 Å². The number of pyridine rings is 1. The summed E-state index contributed by atoms with van der Waals surface area (Å²) in [6.45, 7) is 3.58. The van der Waals surface area contributed by atoms with Gasteiger partial charge in [0, 0.05) is 29.3 Å². The number of anilines is 1. The Morgan fingerprint density at radius 3 is 2.79 bits per heavy atom. The molecule has 6 aromatic rings. The Bertz CT molecular complexity index is 2150. The number of carbonyl (C=O) groups excluding carboxylic acids is 1. The normalized spacial score (nSPS) is 13.3. The third-order valence-electron chi connectivity index (χ3n) is 7.50. The zero-order valence-electron chi connectivity index (χ0n) is 23.2. The molecule has 0 aliphatic carbocycles. The molecular weight excluding hydrogens is 544 g/mol. The lowest BCUT2D eigenvalue weighted by Crippen LogP contribution is -2.32. The third-order valence-corrected chi connectivity index (χ3v) is 7.50. The van der Waals surface area contributed by atoms with Crippen LogP contribution in [0.3, 0.4) is 0 Å². The fourth-order valence-corrected chi connectivity index (χ4v) is 5.43. The lowest BCUT2D eigenvalue weighted by Gasteiger charge is -2.21. The molecule has 0 radical (unpaired) electrons. The van der Waals surface area contributed by atoms with Gasteiger partial charge in [-0.05, 0) is 42.6 Å². The standard InChI is InChI=1S/C32H26N8O3/c1-20(36-31(41)28-29(33)37-39-14-6-13-34-30(28)39)25-17-22-8-5-7-21(11-12-23-18-35-38-15-16-43-19-26(23)38)27(22)32(42)40(25)24-9-3-2-4-10-24/h2-10,13-14,17-18,20H,15-16,19H2,1H3,(H2,33,37)(H,36,41)/t20-/m0/s1. The van der Waals surface area contributed by atoms with Gasteiger partial charge in [-0.25, -0.2) is 9.50 Å². The van der Waals surface area contributed by atoms with Crippen LogP contribution in [0, 0.1) is 11.8 Å². The predicted molar refractivity (Wildman–Crippen MR) is 161 cm³/mol. The van der Waals surface area contributed by atoms with E-state index in [2.05, 4.69) is 32.3 Å². The number of hydrogen-bond acceptors (Lipinski definition) is 7. The van der Waals surface area contributed by atoms with Crippen LogP contribution in [0.25, 0.3) is 22.1 Å². The molecular formula is C32H26N8O3. The molecule has 0 saturated carbocycles. The van der Waals surface area contributed by atoms with E-state index in [9.17, 15) is 9.59 Å². The van der Waals surface area contributed by atoms with Gasteiger partial charge >= 0.3 is 0 Å². The monoisotopic (exact) mass is 570 g/mol. The highest BCUT2D eigenvalue weighted by Crippen LogP contribution is 2.25. The second-order valence-electron chi connectivity index (χ2n) is 10.2. The summed E-state index contributed by atoms with van der Waals surface area (Å²) in [5, 5.41) is 12.8. The van der Waals surface area contributed by atoms with Gasteiger partial charge in [0.05, 0.1) is 48.6 Å². The number of nitrogens with two attached hydrogens (primary N) is 1. The van der Waals surface area contributed by atoms with Crippen LogP contribution in [0.15, 0.2) is 84.0 Å². The minimum atomic E-state index is -0.587. The van der Waals surface area contributed by atoms with Crippen molar-refractivity contribution in [3.8, 4) is 17.5 Å². The third kappa shape index (κ3) is 4.60. The van der Waals surface area contributed by atoms with E-state index >= 15 is 0 Å². The van der Waals surface area contributed by atoms with E-state index < -0.39 is 11.9 Å². The fraction of sp³-hybridized carbons (Fsp3) is 0.156. The number of carbonyl (C=O) groups is 1. The SMILES string of the molecule is C[C@H](NC(=O)c1c(N)nn2cccnc12)c1cc2cccc(C#Cc3cnn4c3COCC4)c2c(=O)n1-c1ccccc1. The lowest BCUT2D eigenvalue weighted by molar-refractivity contribution is 0.0799. The Labute approximate surface area is 245 Å². The van der Waals surface area contributed by atoms with Crippen molar-refractivity contribution in [3.63, 3.8) is 0 Å². The smallest absolute Gasteiger partial charge is 0.264 e. The highest BCUT2D eigenvalue weighted by atomic mass is 16.5. The number of amides is 1. The second kappa shape index (κ2) is 10.6. The summed E-state index contributed by atoms with van der Waals surface area (Å²) < 4.78 is 10.6. The molecule has 0 saturated heterocycles. The average Bonchev–Trinajstić information content (AvgIpc) is 3.60. The maximum atomic E-state index is 14.3. The van der Waals surface area contributed by atoms with Crippen molar-refractivity contribution < 1.29 is 9.53 Å². The van der Waals surface area contributed by atoms with Gasteiger partial charge in [0.15, 0.2) is 11.5 Å². The highest BCUT2D eigenvalue weighted by molar-refractivity contribution is 6.04. The molecule has 1 atom stereocenters. The zero-order chi connectivity index (χ0) is 29.5. The quantitative estimate of drug-likeness (QED) is 0.311. The Kier molecular flexibility index (Phi) is 6.45. The lowest BCUT2D eigenvalue weighted by atomic mass is 10.0. The van der Waals surface area contributed by atoms with Crippen molar-refractivity contribution in [2.45, 2.75) is 26.1 Å². The number of nitrogens with one attached hydrogen (secondary N) is 1. The second-order valence-corrected chi connectivity index (χ2v) is 10.2. The molecule has 5 heterocycles. The van der Waals surface area contributed by atoms with Crippen LogP contribution in [0.1, 0.15) is 45.8 Å². The first-order chi connectivity index (χ1) is 21.0. The first-order valence-corrected chi connectivity index (χ1v) is 13.8. The summed E-state index contributed by atoms with van der Waals surface area (Å²) in [6.07, 6.45) is 4.98. The maximum absolute atomic E-state index is 14.3. The van der Waals surface area contributed by atoms with Crippen molar-refractivity contribution >= 4 is 28.1 Å². The number of para-hydroxylation sites is 1. The number of nitrogen functional groups attached to an aromatic ring is 1. The van der Waals surface area contributed by atoms with E-state index in [-0.39, 0.29) is 16.9 Å². The number of ether oxygens (including phenoxy) is 1. The van der Waals surface area contributed by atoms with Crippen LogP contribution >= 0.6 is 0 Å². The van der Waals surface area contributed by atoms with Crippen LogP contribution in [-0.4, -0.2) is 41.5 Å². The Hall–Kier alpha value is -5.73. The summed E-state index contributed by atoms with van der Waals surface area (Å²) in [6, 6.07) is 17.9. The van der Waals surface area contributed by atoms with Crippen LogP contribution in [0.2, 0.25) is 0 Å². The van der Waals surface area contributed by atoms with Gasteiger partial charge in [-0.2, -0.15) is 5.10 Å². The van der Waals surface area contributed by atoms with Gasteiger partial charge in [0.25, 0.3) is 11.5 Å². The van der Waals surface area contributed by atoms with E-state index in [4.69, 9.17) is 10.5 Å². The molecule has 11 heteroatoms. The number of benzene rings is 2. The largest absolute Gasteiger partial charge is 0.381 e. The van der Waals surface area contributed by atoms with E-state index in [1.54, 1.807) is 29.2 Å². The number of hydrogen-bond donors (Lipinski definition) is 2. The summed E-state index contributed by atoms with van der Waals surface area (Å²) >= 11 is 0. The number of nitrogens with zero attached hydrogens (tertiary/aromatic N) is 6. The topological polar surface area (TPSA) is 134 Å². The molecule has 7 rings (SSSR count). The van der Waals surface area contributed by atoms with Crippen LogP contribution in [0.4, 0.5) is 5.82 Å². The molecule has 4 aromatic heterocycles. The van der Waals surface area contributed by atoms with Crippen molar-refractivity contribution in [2.24, 2.45) is 0 Å². The number of rotatable bonds is 4. The summed E-state index contributed by atoms with van der Waals surface area (Å²) in [5.74, 6) is 6.03. The molecule has 11 nitrogen and oxygen atoms in total. The molecule has 1 aliphatic heterocycles. The molecule has 43 heavy (non-hydrogen) atoms. The minimum Gasteiger partial charge on any atom is -0.381 e. The molecule has 212 valence electrons. The van der Waals surface area contributed by atoms with Gasteiger partial charge in [-0.15, -0.1) is 5.10 Å². The first-order valence-electron chi connectivity index (χ1n) is 13.8. The Morgan fingerprint density at radius 1 is 1.09 bits per heavy atom. The van der Waals surface area contributed by atoms with E-state index in [0.29, 0.717) is 53.1 Å². The van der Waals surface area contributed by atoms with E-state index in [1.807, 2.05) is 66.2 Å². The van der Waals surface area contributed by atoms with Crippen molar-refractivity contribution in [2.75, 3.05) is 12.3 Å². The Balaban J connectivity index is 1.33. The fourth-order valence-electron chi connectivity index (χ4n) is 5.43. The predicted octanol–water partition coefficient (Wildman–Crippen LogP) is 3.23. The van der Waals surface area contributed by atoms with Crippen molar-refractivity contribution in [1.82, 2.24) is 34.3 Å². The van der Waals surface area contributed by atoms with Gasteiger partial charge in [0.1, 0.15) is 5.56 Å². The molecule has 0 spiro atoms. The molecule has 3 N–H and O–H groups in total. The molecule has 0 fully saturated rings. The van der Waals surface area contributed by atoms with E-state index in [1.165, 1.54) is 4.52 Å². The number of aromatic nitrogens is 6. The van der Waals surface area contributed by atoms with Crippen LogP contribution in [-0.2, 0) is 17.9 Å². The molecule has 0 bridgehead atoms. The summed E-state index contributed by atoms with van der Waals surface area (Å²) in [7, 11) is 0. The summed E-state index contributed by atoms with van der Waals surface area (Å²) in [4.78, 5) is 32.1. The molecule has 1 aliphatic rings. The van der Waals surface area contributed by atoms with Crippen LogP contribution < -0.4 is 16.6 Å². The highest BCUT2D eigenvalue weighted by Gasteiger charge is 2.24. The first kappa shape index (κ1) is 26.2. The van der Waals surface area contributed by atoms with E-state index in [0.717, 1.165) is 11.3 Å². The zero-order valence-corrected chi connectivity index (χ0v) is 23.2. The van der Waals surface area contributed by atoms with Gasteiger partial charge in [0.2, 0.25) is 0 Å². The summed E-state index contributed by atoms with van der Waals surface area (Å²) in [5.41, 5.74) is 9.91. The van der Waals surface area contributed by atoms with Crippen molar-refractivity contribution in [1.29, 1.82) is 0 Å². The van der Waals surface area contributed by atoms with Gasteiger partial charge in [-0.1, -0.05) is 42.2 Å². The molecule has 2 aromatic carbocycles. The van der Waals surface area contributed by atoms with Crippen molar-refractivity contribution in [3.05, 3.63) is 118 Å². The Morgan fingerprint density at radius 2 is 1.93 bits per heavy atom. The number of fused-ring (bicyclic) bond motifs is 3. The molecule has 0 unspecified atom stereocenters. The maximum Gasteiger partial charge on any atom is 0.264 e.